The Hall–Kier alpha value is -1.40. The molecular weight excluding hydrogens is 396 g/mol. The highest BCUT2D eigenvalue weighted by Gasteiger charge is 2.51. The van der Waals surface area contributed by atoms with Gasteiger partial charge in [-0.2, -0.15) is 0 Å². The van der Waals surface area contributed by atoms with Gasteiger partial charge in [0.05, 0.1) is 16.5 Å². The van der Waals surface area contributed by atoms with Gasteiger partial charge < -0.3 is 10.6 Å². The number of sulfone groups is 1. The van der Waals surface area contributed by atoms with Gasteiger partial charge in [0.25, 0.3) is 0 Å². The first-order valence-electron chi connectivity index (χ1n) is 11.7. The van der Waals surface area contributed by atoms with Crippen LogP contribution in [-0.4, -0.2) is 43.3 Å². The first-order valence-corrected chi connectivity index (χ1v) is 13.4. The van der Waals surface area contributed by atoms with Gasteiger partial charge in [0.1, 0.15) is 0 Å². The zero-order valence-electron chi connectivity index (χ0n) is 19.0. The van der Waals surface area contributed by atoms with Gasteiger partial charge in [-0.25, -0.2) is 8.42 Å². The normalized spacial score (nSPS) is 15.4. The van der Waals surface area contributed by atoms with Crippen LogP contribution in [0.1, 0.15) is 83.3 Å². The van der Waals surface area contributed by atoms with Crippen molar-refractivity contribution in [2.45, 2.75) is 89.3 Å². The fourth-order valence-corrected chi connectivity index (χ4v) is 6.40. The Labute approximate surface area is 183 Å². The zero-order chi connectivity index (χ0) is 22.2. The van der Waals surface area contributed by atoms with Crippen LogP contribution in [0.3, 0.4) is 0 Å². The molecule has 1 fully saturated rings. The predicted molar refractivity (Wildman–Crippen MR) is 124 cm³/mol. The molecule has 1 amide bonds. The SMILES string of the molecule is CCCC(CCC)S(=O)(=O)CCC(=O)N(CCCN)C1(c2cccc(CC)c2)CC1. The number of nitrogens with zero attached hydrogens (tertiary/aromatic N) is 1. The maximum atomic E-state index is 13.3. The van der Waals surface area contributed by atoms with Gasteiger partial charge in [-0.15, -0.1) is 0 Å². The molecular formula is C24H40N2O3S. The summed E-state index contributed by atoms with van der Waals surface area (Å²) in [5, 5.41) is -0.325. The summed E-state index contributed by atoms with van der Waals surface area (Å²) in [6, 6.07) is 8.47. The van der Waals surface area contributed by atoms with Crippen molar-refractivity contribution in [3.63, 3.8) is 0 Å². The van der Waals surface area contributed by atoms with Gasteiger partial charge in [-0.05, 0) is 56.2 Å². The molecule has 1 aromatic rings. The van der Waals surface area contributed by atoms with Crippen LogP contribution in [0.4, 0.5) is 0 Å². The lowest BCUT2D eigenvalue weighted by Crippen LogP contribution is -2.42. The second kappa shape index (κ2) is 11.3. The van der Waals surface area contributed by atoms with Crippen LogP contribution in [0.15, 0.2) is 24.3 Å². The van der Waals surface area contributed by atoms with Crippen LogP contribution in [0.2, 0.25) is 0 Å². The molecule has 5 nitrogen and oxygen atoms in total. The third-order valence-corrected chi connectivity index (χ3v) is 8.59. The molecule has 30 heavy (non-hydrogen) atoms. The van der Waals surface area contributed by atoms with Crippen molar-refractivity contribution >= 4 is 15.7 Å². The van der Waals surface area contributed by atoms with Crippen LogP contribution in [0.25, 0.3) is 0 Å². The average molecular weight is 437 g/mol. The lowest BCUT2D eigenvalue weighted by Gasteiger charge is -2.33. The molecule has 0 heterocycles. The van der Waals surface area contributed by atoms with Crippen molar-refractivity contribution in [1.82, 2.24) is 4.90 Å². The van der Waals surface area contributed by atoms with Crippen molar-refractivity contribution in [1.29, 1.82) is 0 Å². The van der Waals surface area contributed by atoms with E-state index in [1.54, 1.807) is 0 Å². The van der Waals surface area contributed by atoms with Crippen molar-refractivity contribution < 1.29 is 13.2 Å². The van der Waals surface area contributed by atoms with E-state index in [9.17, 15) is 13.2 Å². The topological polar surface area (TPSA) is 80.5 Å². The molecule has 1 saturated carbocycles. The van der Waals surface area contributed by atoms with E-state index >= 15 is 0 Å². The maximum Gasteiger partial charge on any atom is 0.224 e. The summed E-state index contributed by atoms with van der Waals surface area (Å²) in [7, 11) is -3.27. The highest BCUT2D eigenvalue weighted by Crippen LogP contribution is 2.51. The molecule has 170 valence electrons. The van der Waals surface area contributed by atoms with Gasteiger partial charge in [0.15, 0.2) is 9.84 Å². The highest BCUT2D eigenvalue weighted by atomic mass is 32.2. The largest absolute Gasteiger partial charge is 0.333 e. The molecule has 0 atom stereocenters. The molecule has 0 aromatic heterocycles. The van der Waals surface area contributed by atoms with E-state index in [-0.39, 0.29) is 28.9 Å². The van der Waals surface area contributed by atoms with Gasteiger partial charge in [0.2, 0.25) is 5.91 Å². The smallest absolute Gasteiger partial charge is 0.224 e. The molecule has 1 aliphatic rings. The Balaban J connectivity index is 2.17. The maximum absolute atomic E-state index is 13.3. The number of aryl methyl sites for hydroxylation is 1. The van der Waals surface area contributed by atoms with Gasteiger partial charge in [-0.3, -0.25) is 4.79 Å². The van der Waals surface area contributed by atoms with Gasteiger partial charge in [0, 0.05) is 13.0 Å². The molecule has 0 radical (unpaired) electrons. The van der Waals surface area contributed by atoms with Crippen molar-refractivity contribution in [3.8, 4) is 0 Å². The number of hydrogen-bond acceptors (Lipinski definition) is 4. The third-order valence-electron chi connectivity index (χ3n) is 6.33. The van der Waals surface area contributed by atoms with Crippen molar-refractivity contribution in [3.05, 3.63) is 35.4 Å². The van der Waals surface area contributed by atoms with Crippen LogP contribution < -0.4 is 5.73 Å². The van der Waals surface area contributed by atoms with Gasteiger partial charge in [-0.1, -0.05) is 57.9 Å². The lowest BCUT2D eigenvalue weighted by atomic mass is 9.98. The summed E-state index contributed by atoms with van der Waals surface area (Å²) in [6.07, 6.45) is 6.64. The quantitative estimate of drug-likeness (QED) is 0.474. The number of carbonyl (C=O) groups excluding carboxylic acids is 1. The minimum atomic E-state index is -3.27. The molecule has 0 saturated heterocycles. The Morgan fingerprint density at radius 1 is 1.17 bits per heavy atom. The number of carbonyl (C=O) groups is 1. The van der Waals surface area contributed by atoms with E-state index in [1.807, 2.05) is 18.7 Å². The van der Waals surface area contributed by atoms with Gasteiger partial charge >= 0.3 is 0 Å². The van der Waals surface area contributed by atoms with Crippen LogP contribution >= 0.6 is 0 Å². The number of amides is 1. The molecule has 0 bridgehead atoms. The van der Waals surface area contributed by atoms with E-state index in [1.165, 1.54) is 11.1 Å². The second-order valence-electron chi connectivity index (χ2n) is 8.59. The number of hydrogen-bond donors (Lipinski definition) is 1. The molecule has 1 aromatic carbocycles. The fraction of sp³-hybridized carbons (Fsp3) is 0.708. The summed E-state index contributed by atoms with van der Waals surface area (Å²) in [5.74, 6) is -0.112. The molecule has 1 aliphatic carbocycles. The number of benzene rings is 1. The van der Waals surface area contributed by atoms with E-state index in [0.717, 1.165) is 38.5 Å². The Bertz CT molecular complexity index is 781. The molecule has 2 N–H and O–H groups in total. The Kier molecular flexibility index (Phi) is 9.35. The highest BCUT2D eigenvalue weighted by molar-refractivity contribution is 7.92. The Morgan fingerprint density at radius 2 is 1.83 bits per heavy atom. The summed E-state index contributed by atoms with van der Waals surface area (Å²) in [5.41, 5.74) is 7.89. The fourth-order valence-electron chi connectivity index (χ4n) is 4.42. The van der Waals surface area contributed by atoms with Crippen molar-refractivity contribution in [2.75, 3.05) is 18.8 Å². The average Bonchev–Trinajstić information content (AvgIpc) is 3.54. The lowest BCUT2D eigenvalue weighted by molar-refractivity contribution is -0.134. The van der Waals surface area contributed by atoms with E-state index in [2.05, 4.69) is 31.2 Å². The number of rotatable bonds is 14. The molecule has 6 heteroatoms. The monoisotopic (exact) mass is 436 g/mol. The summed E-state index contributed by atoms with van der Waals surface area (Å²) in [6.45, 7) is 7.25. The summed E-state index contributed by atoms with van der Waals surface area (Å²) in [4.78, 5) is 15.2. The first-order chi connectivity index (χ1) is 14.3. The van der Waals surface area contributed by atoms with Crippen LogP contribution in [-0.2, 0) is 26.6 Å². The summed E-state index contributed by atoms with van der Waals surface area (Å²) < 4.78 is 25.8. The summed E-state index contributed by atoms with van der Waals surface area (Å²) >= 11 is 0. The molecule has 2 rings (SSSR count). The third kappa shape index (κ3) is 6.07. The molecule has 0 unspecified atom stereocenters. The first kappa shape index (κ1) is 24.9. The van der Waals surface area contributed by atoms with E-state index in [0.29, 0.717) is 25.9 Å². The van der Waals surface area contributed by atoms with Crippen LogP contribution in [0.5, 0.6) is 0 Å². The Morgan fingerprint density at radius 3 is 2.37 bits per heavy atom. The zero-order valence-corrected chi connectivity index (χ0v) is 19.8. The van der Waals surface area contributed by atoms with E-state index < -0.39 is 9.84 Å². The number of nitrogens with two attached hydrogens (primary N) is 1. The minimum absolute atomic E-state index is 0.0549. The van der Waals surface area contributed by atoms with Crippen molar-refractivity contribution in [2.24, 2.45) is 5.73 Å². The second-order valence-corrected chi connectivity index (χ2v) is 11.0. The predicted octanol–water partition coefficient (Wildman–Crippen LogP) is 4.19. The standard InChI is InChI=1S/C24H40N2O3S/c1-4-9-22(10-5-2)30(28,29)18-13-23(27)26(17-8-16-25)24(14-15-24)21-12-7-11-20(6-3)19-21/h7,11-12,19,22H,4-6,8-10,13-18,25H2,1-3H3. The minimum Gasteiger partial charge on any atom is -0.333 e. The van der Waals surface area contributed by atoms with Crippen LogP contribution in [0, 0.1) is 0 Å². The molecule has 0 spiro atoms. The molecule has 0 aliphatic heterocycles. The van der Waals surface area contributed by atoms with E-state index in [4.69, 9.17) is 5.73 Å².